The molecule has 0 aromatic heterocycles. The smallest absolute Gasteiger partial charge is 0.0949 e. The van der Waals surface area contributed by atoms with Gasteiger partial charge in [-0.1, -0.05) is 12.1 Å². The molecule has 1 aromatic rings. The van der Waals surface area contributed by atoms with Gasteiger partial charge in [0.05, 0.1) is 12.7 Å². The fraction of sp³-hybridized carbons (Fsp3) is 0.538. The Morgan fingerprint density at radius 1 is 1.44 bits per heavy atom. The van der Waals surface area contributed by atoms with Crippen molar-refractivity contribution in [1.82, 2.24) is 5.32 Å². The Kier molecular flexibility index (Phi) is 2.58. The zero-order valence-electron chi connectivity index (χ0n) is 9.70. The van der Waals surface area contributed by atoms with E-state index in [-0.39, 0.29) is 6.10 Å². The zero-order chi connectivity index (χ0) is 11.0. The maximum atomic E-state index is 5.77. The Bertz CT molecular complexity index is 386. The van der Waals surface area contributed by atoms with Crippen LogP contribution in [0, 0.1) is 0 Å². The van der Waals surface area contributed by atoms with E-state index in [1.807, 2.05) is 0 Å². The van der Waals surface area contributed by atoms with E-state index in [2.05, 4.69) is 35.5 Å². The fourth-order valence-corrected chi connectivity index (χ4v) is 2.57. The van der Waals surface area contributed by atoms with Gasteiger partial charge in [-0.3, -0.25) is 0 Å². The molecule has 0 aliphatic carbocycles. The monoisotopic (exact) mass is 218 g/mol. The van der Waals surface area contributed by atoms with Crippen molar-refractivity contribution in [3.05, 3.63) is 29.3 Å². The zero-order valence-corrected chi connectivity index (χ0v) is 9.70. The molecule has 0 bridgehead atoms. The summed E-state index contributed by atoms with van der Waals surface area (Å²) in [4.78, 5) is 2.32. The summed E-state index contributed by atoms with van der Waals surface area (Å²) in [6, 6.07) is 6.75. The molecule has 1 saturated heterocycles. The van der Waals surface area contributed by atoms with Crippen molar-refractivity contribution >= 4 is 5.69 Å². The number of anilines is 1. The molecule has 0 spiro atoms. The lowest BCUT2D eigenvalue weighted by atomic mass is 10.0. The van der Waals surface area contributed by atoms with Gasteiger partial charge in [0.25, 0.3) is 0 Å². The second kappa shape index (κ2) is 4.07. The van der Waals surface area contributed by atoms with Crippen LogP contribution in [0.1, 0.15) is 17.2 Å². The lowest BCUT2D eigenvalue weighted by molar-refractivity contribution is 0.0277. The standard InChI is InChI=1S/C13H18N2O/c1-15-6-4-10-8-11(2-3-12(10)15)13-9-14-5-7-16-13/h2-3,8,13-14H,4-7,9H2,1H3. The number of fused-ring (bicyclic) bond motifs is 1. The van der Waals surface area contributed by atoms with E-state index in [1.165, 1.54) is 23.2 Å². The molecule has 0 amide bonds. The first-order valence-electron chi connectivity index (χ1n) is 6.01. The van der Waals surface area contributed by atoms with Gasteiger partial charge in [0.2, 0.25) is 0 Å². The van der Waals surface area contributed by atoms with E-state index < -0.39 is 0 Å². The number of benzene rings is 1. The number of hydrogen-bond donors (Lipinski definition) is 1. The van der Waals surface area contributed by atoms with Crippen LogP contribution in [-0.4, -0.2) is 33.3 Å². The van der Waals surface area contributed by atoms with Gasteiger partial charge in [0.15, 0.2) is 0 Å². The third-order valence-electron chi connectivity index (χ3n) is 3.53. The molecule has 2 heterocycles. The molecule has 0 radical (unpaired) electrons. The van der Waals surface area contributed by atoms with Gasteiger partial charge in [0, 0.05) is 32.4 Å². The Hall–Kier alpha value is -1.06. The third-order valence-corrected chi connectivity index (χ3v) is 3.53. The Labute approximate surface area is 96.4 Å². The van der Waals surface area contributed by atoms with Crippen molar-refractivity contribution in [2.45, 2.75) is 12.5 Å². The molecule has 0 saturated carbocycles. The highest BCUT2D eigenvalue weighted by Crippen LogP contribution is 2.30. The van der Waals surface area contributed by atoms with E-state index in [1.54, 1.807) is 0 Å². The minimum absolute atomic E-state index is 0.241. The highest BCUT2D eigenvalue weighted by Gasteiger charge is 2.20. The predicted molar refractivity (Wildman–Crippen MR) is 65.0 cm³/mol. The van der Waals surface area contributed by atoms with Gasteiger partial charge in [-0.2, -0.15) is 0 Å². The SMILES string of the molecule is CN1CCc2cc(C3CNCCO3)ccc21. The Morgan fingerprint density at radius 2 is 2.38 bits per heavy atom. The molecule has 16 heavy (non-hydrogen) atoms. The maximum absolute atomic E-state index is 5.77. The summed E-state index contributed by atoms with van der Waals surface area (Å²) in [5.41, 5.74) is 4.17. The van der Waals surface area contributed by atoms with Gasteiger partial charge < -0.3 is 15.0 Å². The average Bonchev–Trinajstić information content (AvgIpc) is 2.72. The molecule has 1 fully saturated rings. The maximum Gasteiger partial charge on any atom is 0.0949 e. The van der Waals surface area contributed by atoms with Gasteiger partial charge >= 0.3 is 0 Å². The van der Waals surface area contributed by atoms with Crippen LogP contribution in [0.5, 0.6) is 0 Å². The van der Waals surface area contributed by atoms with Crippen LogP contribution in [0.15, 0.2) is 18.2 Å². The molecule has 1 unspecified atom stereocenters. The van der Waals surface area contributed by atoms with Crippen molar-refractivity contribution in [2.24, 2.45) is 0 Å². The van der Waals surface area contributed by atoms with Crippen molar-refractivity contribution in [2.75, 3.05) is 38.2 Å². The first-order valence-corrected chi connectivity index (χ1v) is 6.01. The van der Waals surface area contributed by atoms with E-state index in [0.29, 0.717) is 0 Å². The second-order valence-electron chi connectivity index (χ2n) is 4.62. The number of morpholine rings is 1. The van der Waals surface area contributed by atoms with E-state index >= 15 is 0 Å². The van der Waals surface area contributed by atoms with Crippen molar-refractivity contribution in [3.63, 3.8) is 0 Å². The molecule has 2 aliphatic heterocycles. The number of hydrogen-bond acceptors (Lipinski definition) is 3. The molecule has 3 rings (SSSR count). The van der Waals surface area contributed by atoms with Crippen molar-refractivity contribution < 1.29 is 4.74 Å². The lowest BCUT2D eigenvalue weighted by Crippen LogP contribution is -2.33. The molecule has 1 aromatic carbocycles. The minimum Gasteiger partial charge on any atom is -0.374 e. The first-order chi connectivity index (χ1) is 7.84. The van der Waals surface area contributed by atoms with Crippen molar-refractivity contribution in [1.29, 1.82) is 0 Å². The molecule has 1 N–H and O–H groups in total. The quantitative estimate of drug-likeness (QED) is 0.770. The Balaban J connectivity index is 1.86. The van der Waals surface area contributed by atoms with Crippen LogP contribution in [0.3, 0.4) is 0 Å². The normalized spacial score (nSPS) is 24.6. The molecule has 86 valence electrons. The second-order valence-corrected chi connectivity index (χ2v) is 4.62. The first kappa shape index (κ1) is 10.1. The summed E-state index contributed by atoms with van der Waals surface area (Å²) in [7, 11) is 2.16. The van der Waals surface area contributed by atoms with Crippen LogP contribution in [0.2, 0.25) is 0 Å². The highest BCUT2D eigenvalue weighted by atomic mass is 16.5. The summed E-state index contributed by atoms with van der Waals surface area (Å²) in [6.07, 6.45) is 1.41. The predicted octanol–water partition coefficient (Wildman–Crippen LogP) is 1.34. The highest BCUT2D eigenvalue weighted by molar-refractivity contribution is 5.58. The molecular weight excluding hydrogens is 200 g/mol. The van der Waals surface area contributed by atoms with Gasteiger partial charge in [0.1, 0.15) is 0 Å². The summed E-state index contributed by atoms with van der Waals surface area (Å²) in [5, 5.41) is 3.37. The largest absolute Gasteiger partial charge is 0.374 e. The van der Waals surface area contributed by atoms with Crippen LogP contribution < -0.4 is 10.2 Å². The van der Waals surface area contributed by atoms with E-state index in [9.17, 15) is 0 Å². The van der Waals surface area contributed by atoms with Crippen LogP contribution in [-0.2, 0) is 11.2 Å². The third kappa shape index (κ3) is 1.70. The average molecular weight is 218 g/mol. The number of nitrogens with zero attached hydrogens (tertiary/aromatic N) is 1. The lowest BCUT2D eigenvalue weighted by Gasteiger charge is -2.24. The van der Waals surface area contributed by atoms with Crippen LogP contribution in [0.4, 0.5) is 5.69 Å². The van der Waals surface area contributed by atoms with Gasteiger partial charge in [-0.15, -0.1) is 0 Å². The van der Waals surface area contributed by atoms with Gasteiger partial charge in [-0.25, -0.2) is 0 Å². The Morgan fingerprint density at radius 3 is 3.19 bits per heavy atom. The fourth-order valence-electron chi connectivity index (χ4n) is 2.57. The summed E-state index contributed by atoms with van der Waals surface area (Å²) in [5.74, 6) is 0. The van der Waals surface area contributed by atoms with Crippen LogP contribution in [0.25, 0.3) is 0 Å². The molecule has 1 atom stereocenters. The number of rotatable bonds is 1. The molecule has 3 heteroatoms. The van der Waals surface area contributed by atoms with Gasteiger partial charge in [-0.05, 0) is 23.6 Å². The number of likely N-dealkylation sites (N-methyl/N-ethyl adjacent to an activating group) is 1. The number of nitrogens with one attached hydrogen (secondary N) is 1. The number of ether oxygens (including phenoxy) is 1. The molecule has 2 aliphatic rings. The molecule has 3 nitrogen and oxygen atoms in total. The summed E-state index contributed by atoms with van der Waals surface area (Å²) in [6.45, 7) is 3.88. The van der Waals surface area contributed by atoms with E-state index in [4.69, 9.17) is 4.74 Å². The van der Waals surface area contributed by atoms with E-state index in [0.717, 1.165) is 26.2 Å². The van der Waals surface area contributed by atoms with Crippen molar-refractivity contribution in [3.8, 4) is 0 Å². The minimum atomic E-state index is 0.241. The summed E-state index contributed by atoms with van der Waals surface area (Å²) >= 11 is 0. The molecular formula is C13H18N2O. The summed E-state index contributed by atoms with van der Waals surface area (Å²) < 4.78 is 5.77. The topological polar surface area (TPSA) is 24.5 Å². The van der Waals surface area contributed by atoms with Crippen LogP contribution >= 0.6 is 0 Å².